The Morgan fingerprint density at radius 3 is 2.43 bits per heavy atom. The number of aliphatic hydroxyl groups is 1. The van der Waals surface area contributed by atoms with Crippen molar-refractivity contribution in [2.24, 2.45) is 5.92 Å². The lowest BCUT2D eigenvalue weighted by atomic mass is 9.80. The number of hydrogen-bond donors (Lipinski definition) is 2. The molecule has 0 aromatic rings. The van der Waals surface area contributed by atoms with E-state index in [-0.39, 0.29) is 5.92 Å². The molecule has 0 amide bonds. The Kier molecular flexibility index (Phi) is 3.50. The predicted octanol–water partition coefficient (Wildman–Crippen LogP) is 1.03. The Morgan fingerprint density at radius 2 is 2.07 bits per heavy atom. The Bertz CT molecular complexity index is 206. The molecule has 3 unspecified atom stereocenters. The lowest BCUT2D eigenvalue weighted by Gasteiger charge is -2.39. The van der Waals surface area contributed by atoms with Crippen LogP contribution in [0.4, 0.5) is 0 Å². The number of aliphatic carboxylic acids is 1. The van der Waals surface area contributed by atoms with Crippen molar-refractivity contribution < 1.29 is 19.7 Å². The molecule has 1 saturated heterocycles. The summed E-state index contributed by atoms with van der Waals surface area (Å²) in [6.45, 7) is 3.81. The number of carbonyl (C=O) groups is 1. The first-order valence-electron chi connectivity index (χ1n) is 5.06. The van der Waals surface area contributed by atoms with Crippen LogP contribution >= 0.6 is 0 Å². The van der Waals surface area contributed by atoms with E-state index >= 15 is 0 Å². The van der Waals surface area contributed by atoms with Gasteiger partial charge in [0.2, 0.25) is 0 Å². The SMILES string of the molecule is CC(O)C(C)C1(C(=O)O)CCCCO1. The van der Waals surface area contributed by atoms with Crippen LogP contribution in [0.15, 0.2) is 0 Å². The van der Waals surface area contributed by atoms with Gasteiger partial charge in [0.1, 0.15) is 0 Å². The standard InChI is InChI=1S/C10H18O4/c1-7(8(2)11)10(9(12)13)5-3-4-6-14-10/h7-8,11H,3-6H2,1-2H3,(H,12,13). The summed E-state index contributed by atoms with van der Waals surface area (Å²) in [5, 5.41) is 18.6. The molecule has 1 aliphatic heterocycles. The smallest absolute Gasteiger partial charge is 0.336 e. The molecule has 0 aromatic carbocycles. The van der Waals surface area contributed by atoms with Crippen molar-refractivity contribution in [2.75, 3.05) is 6.61 Å². The second kappa shape index (κ2) is 4.28. The average Bonchev–Trinajstić information content (AvgIpc) is 2.17. The summed E-state index contributed by atoms with van der Waals surface area (Å²) in [6, 6.07) is 0. The van der Waals surface area contributed by atoms with Crippen molar-refractivity contribution in [1.29, 1.82) is 0 Å². The molecule has 14 heavy (non-hydrogen) atoms. The molecule has 4 nitrogen and oxygen atoms in total. The number of carboxylic acid groups (broad SMARTS) is 1. The number of hydrogen-bond acceptors (Lipinski definition) is 3. The first-order chi connectivity index (χ1) is 6.50. The third-order valence-electron chi connectivity index (χ3n) is 3.12. The number of rotatable bonds is 3. The minimum absolute atomic E-state index is 0.375. The van der Waals surface area contributed by atoms with E-state index in [0.29, 0.717) is 13.0 Å². The highest BCUT2D eigenvalue weighted by molar-refractivity contribution is 5.78. The maximum atomic E-state index is 11.2. The second-order valence-corrected chi connectivity index (χ2v) is 4.03. The summed E-state index contributed by atoms with van der Waals surface area (Å²) in [5.74, 6) is -1.33. The van der Waals surface area contributed by atoms with E-state index in [1.165, 1.54) is 0 Å². The summed E-state index contributed by atoms with van der Waals surface area (Å²) >= 11 is 0. The Labute approximate surface area is 83.9 Å². The molecule has 1 heterocycles. The molecule has 4 heteroatoms. The Hall–Kier alpha value is -0.610. The van der Waals surface area contributed by atoms with Gasteiger partial charge in [-0.2, -0.15) is 0 Å². The molecule has 0 aliphatic carbocycles. The Morgan fingerprint density at radius 1 is 1.43 bits per heavy atom. The molecule has 1 aliphatic rings. The minimum Gasteiger partial charge on any atom is -0.479 e. The molecule has 0 bridgehead atoms. The van der Waals surface area contributed by atoms with Crippen molar-refractivity contribution in [2.45, 2.75) is 44.8 Å². The van der Waals surface area contributed by atoms with Crippen LogP contribution in [0.5, 0.6) is 0 Å². The van der Waals surface area contributed by atoms with Crippen LogP contribution in [0.25, 0.3) is 0 Å². The summed E-state index contributed by atoms with van der Waals surface area (Å²) < 4.78 is 5.39. The van der Waals surface area contributed by atoms with Crippen molar-refractivity contribution in [3.63, 3.8) is 0 Å². The minimum atomic E-state index is -1.17. The first-order valence-corrected chi connectivity index (χ1v) is 5.06. The molecule has 3 atom stereocenters. The summed E-state index contributed by atoms with van der Waals surface area (Å²) in [4.78, 5) is 11.2. The van der Waals surface area contributed by atoms with E-state index in [4.69, 9.17) is 4.74 Å². The second-order valence-electron chi connectivity index (χ2n) is 4.03. The molecule has 0 saturated carbocycles. The highest BCUT2D eigenvalue weighted by Crippen LogP contribution is 2.34. The van der Waals surface area contributed by atoms with E-state index in [1.54, 1.807) is 13.8 Å². The largest absolute Gasteiger partial charge is 0.479 e. The topological polar surface area (TPSA) is 66.8 Å². The third kappa shape index (κ3) is 1.91. The maximum Gasteiger partial charge on any atom is 0.336 e. The molecule has 1 rings (SSSR count). The fourth-order valence-electron chi connectivity index (χ4n) is 1.93. The van der Waals surface area contributed by atoms with Crippen LogP contribution < -0.4 is 0 Å². The lowest BCUT2D eigenvalue weighted by Crippen LogP contribution is -2.52. The van der Waals surface area contributed by atoms with Crippen LogP contribution in [-0.2, 0) is 9.53 Å². The van der Waals surface area contributed by atoms with Crippen LogP contribution in [0.1, 0.15) is 33.1 Å². The van der Waals surface area contributed by atoms with E-state index in [2.05, 4.69) is 0 Å². The average molecular weight is 202 g/mol. The van der Waals surface area contributed by atoms with Crippen LogP contribution in [0.2, 0.25) is 0 Å². The summed E-state index contributed by atoms with van der Waals surface area (Å²) in [6.07, 6.45) is 1.59. The fraction of sp³-hybridized carbons (Fsp3) is 0.900. The van der Waals surface area contributed by atoms with Gasteiger partial charge in [0.15, 0.2) is 5.60 Å². The summed E-state index contributed by atoms with van der Waals surface area (Å²) in [5.41, 5.74) is -1.17. The highest BCUT2D eigenvalue weighted by Gasteiger charge is 2.47. The number of ether oxygens (including phenoxy) is 1. The maximum absolute atomic E-state index is 11.2. The van der Waals surface area contributed by atoms with Gasteiger partial charge in [-0.1, -0.05) is 6.92 Å². The molecule has 82 valence electrons. The molecule has 2 N–H and O–H groups in total. The van der Waals surface area contributed by atoms with Crippen molar-refractivity contribution >= 4 is 5.97 Å². The van der Waals surface area contributed by atoms with Crippen LogP contribution in [0, 0.1) is 5.92 Å². The quantitative estimate of drug-likeness (QED) is 0.717. The van der Waals surface area contributed by atoms with E-state index in [9.17, 15) is 15.0 Å². The van der Waals surface area contributed by atoms with Crippen molar-refractivity contribution in [3.8, 4) is 0 Å². The third-order valence-corrected chi connectivity index (χ3v) is 3.12. The number of aliphatic hydroxyl groups excluding tert-OH is 1. The highest BCUT2D eigenvalue weighted by atomic mass is 16.5. The zero-order valence-corrected chi connectivity index (χ0v) is 8.69. The normalized spacial score (nSPS) is 32.2. The zero-order valence-electron chi connectivity index (χ0n) is 8.69. The van der Waals surface area contributed by atoms with Gasteiger partial charge in [-0.25, -0.2) is 4.79 Å². The van der Waals surface area contributed by atoms with E-state index < -0.39 is 17.7 Å². The molecule has 1 fully saturated rings. The van der Waals surface area contributed by atoms with Gasteiger partial charge in [0.05, 0.1) is 6.10 Å². The van der Waals surface area contributed by atoms with Crippen LogP contribution in [-0.4, -0.2) is 34.5 Å². The van der Waals surface area contributed by atoms with Crippen LogP contribution in [0.3, 0.4) is 0 Å². The molecular weight excluding hydrogens is 184 g/mol. The lowest BCUT2D eigenvalue weighted by molar-refractivity contribution is -0.188. The van der Waals surface area contributed by atoms with Gasteiger partial charge in [-0.05, 0) is 26.2 Å². The summed E-state index contributed by atoms with van der Waals surface area (Å²) in [7, 11) is 0. The molecule has 0 spiro atoms. The van der Waals surface area contributed by atoms with E-state index in [1.807, 2.05) is 0 Å². The monoisotopic (exact) mass is 202 g/mol. The number of carboxylic acids is 1. The van der Waals surface area contributed by atoms with E-state index in [0.717, 1.165) is 12.8 Å². The molecule has 0 radical (unpaired) electrons. The Balaban J connectivity index is 2.85. The van der Waals surface area contributed by atoms with Gasteiger partial charge < -0.3 is 14.9 Å². The van der Waals surface area contributed by atoms with Gasteiger partial charge in [-0.3, -0.25) is 0 Å². The van der Waals surface area contributed by atoms with Gasteiger partial charge in [-0.15, -0.1) is 0 Å². The van der Waals surface area contributed by atoms with Gasteiger partial charge >= 0.3 is 5.97 Å². The van der Waals surface area contributed by atoms with Crippen molar-refractivity contribution in [3.05, 3.63) is 0 Å². The molecule has 0 aromatic heterocycles. The van der Waals surface area contributed by atoms with Gasteiger partial charge in [0, 0.05) is 12.5 Å². The first kappa shape index (κ1) is 11.5. The molecular formula is C10H18O4. The zero-order chi connectivity index (χ0) is 10.8. The van der Waals surface area contributed by atoms with Gasteiger partial charge in [0.25, 0.3) is 0 Å². The fourth-order valence-corrected chi connectivity index (χ4v) is 1.93. The predicted molar refractivity (Wildman–Crippen MR) is 51.0 cm³/mol. The van der Waals surface area contributed by atoms with Crippen molar-refractivity contribution in [1.82, 2.24) is 0 Å².